The summed E-state index contributed by atoms with van der Waals surface area (Å²) >= 11 is 1.80. The fourth-order valence-electron chi connectivity index (χ4n) is 2.04. The number of aromatic nitrogens is 1. The van der Waals surface area contributed by atoms with Crippen LogP contribution in [0.5, 0.6) is 0 Å². The van der Waals surface area contributed by atoms with E-state index in [2.05, 4.69) is 35.5 Å². The highest BCUT2D eigenvalue weighted by molar-refractivity contribution is 7.12. The summed E-state index contributed by atoms with van der Waals surface area (Å²) in [5.74, 6) is 0.465. The van der Waals surface area contributed by atoms with Gasteiger partial charge in [0.15, 0.2) is 0 Å². The van der Waals surface area contributed by atoms with E-state index in [1.54, 1.807) is 23.6 Å². The molecule has 2 aromatic heterocycles. The smallest absolute Gasteiger partial charge is 0.413 e. The van der Waals surface area contributed by atoms with Crippen molar-refractivity contribution < 1.29 is 9.53 Å². The number of amides is 1. The third kappa shape index (κ3) is 5.56. The van der Waals surface area contributed by atoms with E-state index < -0.39 is 11.7 Å². The lowest BCUT2D eigenvalue weighted by atomic mass is 10.2. The highest BCUT2D eigenvalue weighted by Crippen LogP contribution is 2.21. The van der Waals surface area contributed by atoms with Gasteiger partial charge < -0.3 is 10.1 Å². The quantitative estimate of drug-likeness (QED) is 0.850. The first kappa shape index (κ1) is 17.3. The number of nitrogens with zero attached hydrogens (tertiary/aromatic N) is 1. The van der Waals surface area contributed by atoms with Crippen molar-refractivity contribution in [2.75, 3.05) is 10.6 Å². The molecule has 2 aromatic rings. The molecule has 1 amide bonds. The zero-order valence-corrected chi connectivity index (χ0v) is 15.0. The second-order valence-corrected chi connectivity index (χ2v) is 7.81. The van der Waals surface area contributed by atoms with Gasteiger partial charge in [-0.25, -0.2) is 9.78 Å². The Balaban J connectivity index is 1.89. The Morgan fingerprint density at radius 1 is 1.30 bits per heavy atom. The van der Waals surface area contributed by atoms with Gasteiger partial charge in [-0.15, -0.1) is 11.3 Å². The first-order chi connectivity index (χ1) is 10.7. The number of pyridine rings is 1. The van der Waals surface area contributed by atoms with Crippen LogP contribution in [-0.4, -0.2) is 16.7 Å². The first-order valence-corrected chi connectivity index (χ1v) is 8.30. The van der Waals surface area contributed by atoms with Crippen molar-refractivity contribution in [2.24, 2.45) is 0 Å². The predicted molar refractivity (Wildman–Crippen MR) is 95.2 cm³/mol. The minimum absolute atomic E-state index is 0.465. The normalized spacial score (nSPS) is 11.2. The van der Waals surface area contributed by atoms with Gasteiger partial charge in [0.25, 0.3) is 0 Å². The summed E-state index contributed by atoms with van der Waals surface area (Å²) in [4.78, 5) is 18.5. The molecular formula is C17H23N3O2S. The molecule has 0 aromatic carbocycles. The molecule has 0 saturated heterocycles. The number of carbonyl (C=O) groups excluding carboxylic acids is 1. The van der Waals surface area contributed by atoms with E-state index >= 15 is 0 Å². The second-order valence-electron chi connectivity index (χ2n) is 6.35. The molecule has 2 heterocycles. The monoisotopic (exact) mass is 333 g/mol. The van der Waals surface area contributed by atoms with Gasteiger partial charge in [0, 0.05) is 16.3 Å². The molecule has 23 heavy (non-hydrogen) atoms. The third-order valence-electron chi connectivity index (χ3n) is 3.02. The maximum atomic E-state index is 11.7. The standard InChI is InChI=1S/C17H23N3O2S/c1-11-8-13(12(2)23-11)9-18-14-6-7-15(19-10-14)20-16(21)22-17(3,4)5/h6-8,10,18H,9H2,1-5H3,(H,19,20,21). The van der Waals surface area contributed by atoms with Gasteiger partial charge >= 0.3 is 6.09 Å². The van der Waals surface area contributed by atoms with Crippen molar-refractivity contribution in [1.29, 1.82) is 0 Å². The Kier molecular flexibility index (Phi) is 5.26. The van der Waals surface area contributed by atoms with Crippen LogP contribution in [0.15, 0.2) is 24.4 Å². The van der Waals surface area contributed by atoms with E-state index in [1.807, 2.05) is 26.8 Å². The molecule has 0 fully saturated rings. The average Bonchev–Trinajstić information content (AvgIpc) is 2.74. The van der Waals surface area contributed by atoms with Gasteiger partial charge in [0.2, 0.25) is 0 Å². The highest BCUT2D eigenvalue weighted by Gasteiger charge is 2.16. The lowest BCUT2D eigenvalue weighted by Gasteiger charge is -2.19. The summed E-state index contributed by atoms with van der Waals surface area (Å²) in [5, 5.41) is 5.95. The fraction of sp³-hybridized carbons (Fsp3) is 0.412. The fourth-order valence-corrected chi connectivity index (χ4v) is 2.98. The molecule has 5 nitrogen and oxygen atoms in total. The Hall–Kier alpha value is -2.08. The van der Waals surface area contributed by atoms with Crippen LogP contribution in [0.4, 0.5) is 16.3 Å². The van der Waals surface area contributed by atoms with Crippen LogP contribution < -0.4 is 10.6 Å². The number of hydrogen-bond acceptors (Lipinski definition) is 5. The summed E-state index contributed by atoms with van der Waals surface area (Å²) in [6.07, 6.45) is 1.19. The molecule has 2 N–H and O–H groups in total. The Morgan fingerprint density at radius 3 is 2.57 bits per heavy atom. The number of anilines is 2. The van der Waals surface area contributed by atoms with E-state index in [1.165, 1.54) is 15.3 Å². The van der Waals surface area contributed by atoms with Crippen molar-refractivity contribution in [3.8, 4) is 0 Å². The maximum Gasteiger partial charge on any atom is 0.413 e. The predicted octanol–water partition coefficient (Wildman–Crippen LogP) is 4.72. The largest absolute Gasteiger partial charge is 0.444 e. The molecule has 0 atom stereocenters. The molecule has 0 aliphatic rings. The first-order valence-electron chi connectivity index (χ1n) is 7.49. The van der Waals surface area contributed by atoms with Crippen LogP contribution in [-0.2, 0) is 11.3 Å². The lowest BCUT2D eigenvalue weighted by molar-refractivity contribution is 0.0635. The summed E-state index contributed by atoms with van der Waals surface area (Å²) in [6.45, 7) is 10.5. The van der Waals surface area contributed by atoms with E-state index in [0.29, 0.717) is 5.82 Å². The van der Waals surface area contributed by atoms with Gasteiger partial charge in [-0.3, -0.25) is 5.32 Å². The van der Waals surface area contributed by atoms with Gasteiger partial charge in [-0.05, 0) is 58.4 Å². The Bertz CT molecular complexity index is 672. The number of thiophene rings is 1. The summed E-state index contributed by atoms with van der Waals surface area (Å²) in [6, 6.07) is 5.82. The zero-order chi connectivity index (χ0) is 17.0. The van der Waals surface area contributed by atoms with Gasteiger partial charge in [0.1, 0.15) is 11.4 Å². The van der Waals surface area contributed by atoms with E-state index in [4.69, 9.17) is 4.74 Å². The molecule has 0 radical (unpaired) electrons. The minimum Gasteiger partial charge on any atom is -0.444 e. The van der Waals surface area contributed by atoms with E-state index in [0.717, 1.165) is 12.2 Å². The minimum atomic E-state index is -0.526. The van der Waals surface area contributed by atoms with Crippen LogP contribution in [0.1, 0.15) is 36.1 Å². The van der Waals surface area contributed by atoms with Crippen molar-refractivity contribution >= 4 is 28.9 Å². The number of aryl methyl sites for hydroxylation is 2. The van der Waals surface area contributed by atoms with Gasteiger partial charge in [-0.1, -0.05) is 0 Å². The third-order valence-corrected chi connectivity index (χ3v) is 4.03. The molecule has 0 spiro atoms. The molecular weight excluding hydrogens is 310 g/mol. The van der Waals surface area contributed by atoms with Crippen molar-refractivity contribution in [3.63, 3.8) is 0 Å². The molecule has 6 heteroatoms. The topological polar surface area (TPSA) is 63.2 Å². The molecule has 0 aliphatic carbocycles. The molecule has 0 saturated carbocycles. The summed E-state index contributed by atoms with van der Waals surface area (Å²) in [7, 11) is 0. The zero-order valence-electron chi connectivity index (χ0n) is 14.2. The Morgan fingerprint density at radius 2 is 2.04 bits per heavy atom. The average molecular weight is 333 g/mol. The van der Waals surface area contributed by atoms with Crippen molar-refractivity contribution in [1.82, 2.24) is 4.98 Å². The number of nitrogens with one attached hydrogen (secondary N) is 2. The van der Waals surface area contributed by atoms with Crippen LogP contribution >= 0.6 is 11.3 Å². The van der Waals surface area contributed by atoms with Crippen molar-refractivity contribution in [2.45, 2.75) is 46.8 Å². The van der Waals surface area contributed by atoms with Gasteiger partial charge in [0.05, 0.1) is 11.9 Å². The van der Waals surface area contributed by atoms with Crippen LogP contribution in [0.25, 0.3) is 0 Å². The van der Waals surface area contributed by atoms with E-state index in [9.17, 15) is 4.79 Å². The summed E-state index contributed by atoms with van der Waals surface area (Å²) < 4.78 is 5.19. The van der Waals surface area contributed by atoms with E-state index in [-0.39, 0.29) is 0 Å². The molecule has 124 valence electrons. The number of hydrogen-bond donors (Lipinski definition) is 2. The summed E-state index contributed by atoms with van der Waals surface area (Å²) in [5.41, 5.74) is 1.67. The molecule has 2 rings (SSSR count). The Labute approximate surface area is 141 Å². The van der Waals surface area contributed by atoms with Crippen LogP contribution in [0.3, 0.4) is 0 Å². The molecule has 0 aliphatic heterocycles. The number of ether oxygens (including phenoxy) is 1. The second kappa shape index (κ2) is 7.00. The lowest BCUT2D eigenvalue weighted by Crippen LogP contribution is -2.27. The molecule has 0 unspecified atom stereocenters. The van der Waals surface area contributed by atoms with Crippen LogP contribution in [0.2, 0.25) is 0 Å². The number of rotatable bonds is 4. The van der Waals surface area contributed by atoms with Crippen molar-refractivity contribution in [3.05, 3.63) is 39.7 Å². The van der Waals surface area contributed by atoms with Crippen LogP contribution in [0, 0.1) is 13.8 Å². The highest BCUT2D eigenvalue weighted by atomic mass is 32.1. The maximum absolute atomic E-state index is 11.7. The number of carbonyl (C=O) groups is 1. The van der Waals surface area contributed by atoms with Gasteiger partial charge in [-0.2, -0.15) is 0 Å². The molecule has 0 bridgehead atoms. The SMILES string of the molecule is Cc1cc(CNc2ccc(NC(=O)OC(C)(C)C)nc2)c(C)s1.